The second-order valence-electron chi connectivity index (χ2n) is 5.63. The monoisotopic (exact) mass is 335 g/mol. The topological polar surface area (TPSA) is 78.6 Å². The van der Waals surface area contributed by atoms with E-state index in [1.165, 1.54) is 11.3 Å². The molecule has 0 bridgehead atoms. The van der Waals surface area contributed by atoms with E-state index in [1.54, 1.807) is 23.8 Å². The zero-order valence-corrected chi connectivity index (χ0v) is 13.9. The maximum Gasteiger partial charge on any atom is 0.273 e. The molecule has 1 aliphatic rings. The Balaban J connectivity index is 1.66. The number of carbonyl (C=O) groups excluding carboxylic acids is 1. The van der Waals surface area contributed by atoms with E-state index < -0.39 is 6.10 Å². The highest BCUT2D eigenvalue weighted by atomic mass is 32.1. The van der Waals surface area contributed by atoms with Crippen LogP contribution in [0.2, 0.25) is 0 Å². The number of thiazole rings is 1. The maximum atomic E-state index is 12.7. The second-order valence-corrected chi connectivity index (χ2v) is 6.49. The Morgan fingerprint density at radius 1 is 1.65 bits per heavy atom. The SMILES string of the molecule is CCNc1nc(C(=O)N2CCC[C@@H]2C[C@H](O)c2ccco2)cs1. The number of carbonyl (C=O) groups is 1. The number of aliphatic hydroxyl groups is 1. The molecule has 1 amide bonds. The first-order valence-corrected chi connectivity index (χ1v) is 8.78. The van der Waals surface area contributed by atoms with Crippen molar-refractivity contribution in [2.75, 3.05) is 18.4 Å². The number of likely N-dealkylation sites (tertiary alicyclic amines) is 1. The smallest absolute Gasteiger partial charge is 0.273 e. The van der Waals surface area contributed by atoms with E-state index in [-0.39, 0.29) is 11.9 Å². The molecule has 124 valence electrons. The van der Waals surface area contributed by atoms with Crippen molar-refractivity contribution >= 4 is 22.4 Å². The van der Waals surface area contributed by atoms with Gasteiger partial charge in [-0.05, 0) is 31.9 Å². The minimum atomic E-state index is -0.684. The lowest BCUT2D eigenvalue weighted by Crippen LogP contribution is -2.36. The van der Waals surface area contributed by atoms with Crippen LogP contribution in [0.1, 0.15) is 48.5 Å². The van der Waals surface area contributed by atoms with Gasteiger partial charge in [-0.1, -0.05) is 0 Å². The number of hydrogen-bond acceptors (Lipinski definition) is 6. The molecular formula is C16H21N3O3S. The first-order valence-electron chi connectivity index (χ1n) is 7.91. The van der Waals surface area contributed by atoms with E-state index in [2.05, 4.69) is 10.3 Å². The highest BCUT2D eigenvalue weighted by Crippen LogP contribution is 2.29. The van der Waals surface area contributed by atoms with Gasteiger partial charge in [-0.15, -0.1) is 11.3 Å². The molecule has 23 heavy (non-hydrogen) atoms. The Labute approximate surface area is 139 Å². The molecule has 0 spiro atoms. The molecule has 2 N–H and O–H groups in total. The number of amides is 1. The fourth-order valence-corrected chi connectivity index (χ4v) is 3.71. The van der Waals surface area contributed by atoms with Crippen molar-refractivity contribution in [3.8, 4) is 0 Å². The van der Waals surface area contributed by atoms with E-state index in [0.29, 0.717) is 24.4 Å². The van der Waals surface area contributed by atoms with Gasteiger partial charge in [-0.25, -0.2) is 4.98 Å². The molecule has 0 aliphatic carbocycles. The lowest BCUT2D eigenvalue weighted by atomic mass is 10.0. The first-order chi connectivity index (χ1) is 11.2. The highest BCUT2D eigenvalue weighted by Gasteiger charge is 2.32. The minimum absolute atomic E-state index is 0.0203. The van der Waals surface area contributed by atoms with Gasteiger partial charge in [0.05, 0.1) is 6.26 Å². The van der Waals surface area contributed by atoms with Crippen LogP contribution in [0.25, 0.3) is 0 Å². The number of rotatable bonds is 6. The van der Waals surface area contributed by atoms with Gasteiger partial charge in [0.25, 0.3) is 5.91 Å². The van der Waals surface area contributed by atoms with E-state index >= 15 is 0 Å². The number of nitrogens with zero attached hydrogens (tertiary/aromatic N) is 2. The Morgan fingerprint density at radius 2 is 2.52 bits per heavy atom. The Kier molecular flexibility index (Phi) is 4.97. The molecule has 7 heteroatoms. The summed E-state index contributed by atoms with van der Waals surface area (Å²) < 4.78 is 5.24. The summed E-state index contributed by atoms with van der Waals surface area (Å²) in [4.78, 5) is 18.9. The van der Waals surface area contributed by atoms with Crippen LogP contribution in [0.5, 0.6) is 0 Å². The third-order valence-corrected chi connectivity index (χ3v) is 4.86. The van der Waals surface area contributed by atoms with Gasteiger partial charge in [-0.3, -0.25) is 4.79 Å². The summed E-state index contributed by atoms with van der Waals surface area (Å²) in [6, 6.07) is 3.54. The molecular weight excluding hydrogens is 314 g/mol. The molecule has 2 aromatic rings. The van der Waals surface area contributed by atoms with E-state index in [1.807, 2.05) is 11.8 Å². The highest BCUT2D eigenvalue weighted by molar-refractivity contribution is 7.13. The Hall–Kier alpha value is -1.86. The van der Waals surface area contributed by atoms with Crippen LogP contribution in [0.3, 0.4) is 0 Å². The van der Waals surface area contributed by atoms with Crippen LogP contribution < -0.4 is 5.32 Å². The minimum Gasteiger partial charge on any atom is -0.467 e. The number of nitrogens with one attached hydrogen (secondary N) is 1. The molecule has 1 fully saturated rings. The molecule has 0 radical (unpaired) electrons. The van der Waals surface area contributed by atoms with Crippen molar-refractivity contribution in [1.29, 1.82) is 0 Å². The summed E-state index contributed by atoms with van der Waals surface area (Å²) in [5.41, 5.74) is 0.477. The zero-order valence-electron chi connectivity index (χ0n) is 13.1. The van der Waals surface area contributed by atoms with Crippen molar-refractivity contribution in [2.24, 2.45) is 0 Å². The average Bonchev–Trinajstić information content (AvgIpc) is 3.28. The quantitative estimate of drug-likeness (QED) is 0.848. The molecule has 1 saturated heterocycles. The van der Waals surface area contributed by atoms with Crippen molar-refractivity contribution in [3.63, 3.8) is 0 Å². The first kappa shape index (κ1) is 16.0. The maximum absolute atomic E-state index is 12.7. The summed E-state index contributed by atoms with van der Waals surface area (Å²) >= 11 is 1.44. The number of hydrogen-bond donors (Lipinski definition) is 2. The van der Waals surface area contributed by atoms with Crippen LogP contribution in [0.15, 0.2) is 28.2 Å². The molecule has 3 rings (SSSR count). The largest absolute Gasteiger partial charge is 0.467 e. The summed E-state index contributed by atoms with van der Waals surface area (Å²) in [7, 11) is 0. The van der Waals surface area contributed by atoms with Crippen molar-refractivity contribution in [3.05, 3.63) is 35.2 Å². The van der Waals surface area contributed by atoms with Crippen LogP contribution in [-0.4, -0.2) is 40.0 Å². The van der Waals surface area contributed by atoms with Crippen LogP contribution in [-0.2, 0) is 0 Å². The van der Waals surface area contributed by atoms with Gasteiger partial charge < -0.3 is 19.7 Å². The number of furan rings is 1. The van der Waals surface area contributed by atoms with E-state index in [9.17, 15) is 9.90 Å². The summed E-state index contributed by atoms with van der Waals surface area (Å²) in [5.74, 6) is 0.493. The standard InChI is InChI=1S/C16H21N3O3S/c1-2-17-16-18-12(10-23-16)15(21)19-7-3-5-11(19)9-13(20)14-6-4-8-22-14/h4,6,8,10-11,13,20H,2-3,5,7,9H2,1H3,(H,17,18)/t11-,13+/m1/s1. The fourth-order valence-electron chi connectivity index (χ4n) is 2.95. The second kappa shape index (κ2) is 7.14. The predicted molar refractivity (Wildman–Crippen MR) is 88.6 cm³/mol. The lowest BCUT2D eigenvalue weighted by molar-refractivity contribution is 0.0637. The normalized spacial score (nSPS) is 19.0. The van der Waals surface area contributed by atoms with Gasteiger partial charge in [0.15, 0.2) is 5.13 Å². The molecule has 0 unspecified atom stereocenters. The number of anilines is 1. The summed E-state index contributed by atoms with van der Waals surface area (Å²) in [6.45, 7) is 3.49. The molecule has 2 aromatic heterocycles. The van der Waals surface area contributed by atoms with Gasteiger partial charge in [-0.2, -0.15) is 0 Å². The Morgan fingerprint density at radius 3 is 3.26 bits per heavy atom. The Bertz CT molecular complexity index is 641. The predicted octanol–water partition coefficient (Wildman–Crippen LogP) is 2.90. The van der Waals surface area contributed by atoms with Crippen molar-refractivity contribution in [1.82, 2.24) is 9.88 Å². The third-order valence-electron chi connectivity index (χ3n) is 4.06. The molecule has 0 saturated carbocycles. The molecule has 3 heterocycles. The lowest BCUT2D eigenvalue weighted by Gasteiger charge is -2.25. The van der Waals surface area contributed by atoms with Gasteiger partial charge >= 0.3 is 0 Å². The zero-order chi connectivity index (χ0) is 16.2. The summed E-state index contributed by atoms with van der Waals surface area (Å²) in [5, 5.41) is 15.9. The molecule has 6 nitrogen and oxygen atoms in total. The van der Waals surface area contributed by atoms with Gasteiger partial charge in [0, 0.05) is 30.9 Å². The third kappa shape index (κ3) is 3.56. The van der Waals surface area contributed by atoms with Crippen LogP contribution in [0, 0.1) is 0 Å². The van der Waals surface area contributed by atoms with Crippen molar-refractivity contribution in [2.45, 2.75) is 38.3 Å². The molecule has 2 atom stereocenters. The fraction of sp³-hybridized carbons (Fsp3) is 0.500. The van der Waals surface area contributed by atoms with Gasteiger partial charge in [0.1, 0.15) is 17.6 Å². The van der Waals surface area contributed by atoms with Gasteiger partial charge in [0.2, 0.25) is 0 Å². The average molecular weight is 335 g/mol. The van der Waals surface area contributed by atoms with E-state index in [4.69, 9.17) is 4.42 Å². The van der Waals surface area contributed by atoms with Crippen LogP contribution >= 0.6 is 11.3 Å². The summed E-state index contributed by atoms with van der Waals surface area (Å²) in [6.07, 6.45) is 3.20. The molecule has 1 aliphatic heterocycles. The van der Waals surface area contributed by atoms with E-state index in [0.717, 1.165) is 24.5 Å². The molecule has 0 aromatic carbocycles. The number of aliphatic hydroxyl groups excluding tert-OH is 1. The number of aromatic nitrogens is 1. The van der Waals surface area contributed by atoms with Crippen molar-refractivity contribution < 1.29 is 14.3 Å². The van der Waals surface area contributed by atoms with Crippen LogP contribution in [0.4, 0.5) is 5.13 Å².